The average Bonchev–Trinajstić information content (AvgIpc) is 2.80. The number of carbonyl (C=O) groups is 1. The molecule has 0 spiro atoms. The highest BCUT2D eigenvalue weighted by Crippen LogP contribution is 2.18. The maximum atomic E-state index is 13.5. The molecule has 5 nitrogen and oxygen atoms in total. The van der Waals surface area contributed by atoms with Gasteiger partial charge in [-0.05, 0) is 34.5 Å². The van der Waals surface area contributed by atoms with Crippen LogP contribution in [0.4, 0.5) is 9.52 Å². The van der Waals surface area contributed by atoms with E-state index >= 15 is 0 Å². The third kappa shape index (κ3) is 3.54. The van der Waals surface area contributed by atoms with Crippen LogP contribution in [-0.2, 0) is 6.42 Å². The number of aromatic nitrogens is 3. The second kappa shape index (κ2) is 6.16. The van der Waals surface area contributed by atoms with Crippen LogP contribution in [0, 0.1) is 5.82 Å². The zero-order valence-electron chi connectivity index (χ0n) is 9.98. The molecule has 8 heteroatoms. The molecule has 0 bridgehead atoms. The number of hydrogen-bond acceptors (Lipinski definition) is 5. The van der Waals surface area contributed by atoms with Crippen LogP contribution in [0.15, 0.2) is 16.7 Å². The Morgan fingerprint density at radius 3 is 3.00 bits per heavy atom. The van der Waals surface area contributed by atoms with Crippen LogP contribution in [-0.4, -0.2) is 21.1 Å². The molecule has 0 fully saturated rings. The van der Waals surface area contributed by atoms with Gasteiger partial charge >= 0.3 is 0 Å². The second-order valence-electron chi connectivity index (χ2n) is 3.67. The van der Waals surface area contributed by atoms with Crippen LogP contribution in [0.25, 0.3) is 0 Å². The molecule has 2 aromatic heterocycles. The van der Waals surface area contributed by atoms with Crippen LogP contribution in [0.1, 0.15) is 28.8 Å². The molecule has 0 atom stereocenters. The van der Waals surface area contributed by atoms with Crippen molar-refractivity contribution < 1.29 is 9.18 Å². The summed E-state index contributed by atoms with van der Waals surface area (Å²) in [6.45, 7) is 2.03. The molecule has 0 radical (unpaired) electrons. The molecule has 0 aromatic carbocycles. The van der Waals surface area contributed by atoms with E-state index in [-0.39, 0.29) is 5.69 Å². The van der Waals surface area contributed by atoms with E-state index in [4.69, 9.17) is 0 Å². The Morgan fingerprint density at radius 1 is 1.47 bits per heavy atom. The predicted octanol–water partition coefficient (Wildman–Crippen LogP) is 3.04. The van der Waals surface area contributed by atoms with Gasteiger partial charge in [0.2, 0.25) is 5.13 Å². The number of halogens is 2. The lowest BCUT2D eigenvalue weighted by Crippen LogP contribution is -2.15. The van der Waals surface area contributed by atoms with E-state index in [0.717, 1.165) is 17.8 Å². The van der Waals surface area contributed by atoms with Gasteiger partial charge in [-0.1, -0.05) is 18.3 Å². The highest BCUT2D eigenvalue weighted by atomic mass is 79.9. The van der Waals surface area contributed by atoms with E-state index in [0.29, 0.717) is 9.73 Å². The normalized spacial score (nSPS) is 10.5. The molecule has 1 N–H and O–H groups in total. The molecule has 100 valence electrons. The molecule has 0 aliphatic rings. The fraction of sp³-hybridized carbons (Fsp3) is 0.273. The molecule has 0 unspecified atom stereocenters. The van der Waals surface area contributed by atoms with Crippen LogP contribution in [0.2, 0.25) is 0 Å². The number of rotatable bonds is 4. The molecular formula is C11H10BrFN4OS. The van der Waals surface area contributed by atoms with Gasteiger partial charge in [0.1, 0.15) is 9.61 Å². The van der Waals surface area contributed by atoms with Crippen molar-refractivity contribution in [3.63, 3.8) is 0 Å². The van der Waals surface area contributed by atoms with E-state index in [9.17, 15) is 9.18 Å². The lowest BCUT2D eigenvalue weighted by atomic mass is 10.3. The van der Waals surface area contributed by atoms with Crippen LogP contribution >= 0.6 is 27.3 Å². The number of pyridine rings is 1. The van der Waals surface area contributed by atoms with Gasteiger partial charge < -0.3 is 0 Å². The fourth-order valence-electron chi connectivity index (χ4n) is 1.35. The molecule has 2 heterocycles. The summed E-state index contributed by atoms with van der Waals surface area (Å²) >= 11 is 4.37. The lowest BCUT2D eigenvalue weighted by Gasteiger charge is -2.02. The lowest BCUT2D eigenvalue weighted by molar-refractivity contribution is 0.101. The molecule has 1 amide bonds. The zero-order valence-corrected chi connectivity index (χ0v) is 12.4. The van der Waals surface area contributed by atoms with Crippen molar-refractivity contribution in [2.24, 2.45) is 0 Å². The van der Waals surface area contributed by atoms with Crippen molar-refractivity contribution >= 4 is 38.3 Å². The minimum atomic E-state index is -0.681. The summed E-state index contributed by atoms with van der Waals surface area (Å²) < 4.78 is 13.9. The smallest absolute Gasteiger partial charge is 0.279 e. The van der Waals surface area contributed by atoms with Gasteiger partial charge in [0, 0.05) is 6.42 Å². The standard InChI is InChI=1S/C11H10BrFN4OS/c1-2-3-8-16-17-11(19-8)15-10(18)9-6(13)4-5-7(12)14-9/h4-5H,2-3H2,1H3,(H,15,17,18). The molecule has 0 aliphatic carbocycles. The number of amides is 1. The molecule has 0 saturated carbocycles. The first-order valence-electron chi connectivity index (χ1n) is 5.56. The number of carbonyl (C=O) groups excluding carboxylic acids is 1. The highest BCUT2D eigenvalue weighted by Gasteiger charge is 2.16. The van der Waals surface area contributed by atoms with Gasteiger partial charge in [0.15, 0.2) is 11.5 Å². The Hall–Kier alpha value is -1.41. The van der Waals surface area contributed by atoms with Crippen LogP contribution < -0.4 is 5.32 Å². The van der Waals surface area contributed by atoms with Gasteiger partial charge in [0.05, 0.1) is 0 Å². The Labute approximate surface area is 121 Å². The zero-order chi connectivity index (χ0) is 13.8. The first-order chi connectivity index (χ1) is 9.10. The molecular weight excluding hydrogens is 335 g/mol. The van der Waals surface area contributed by atoms with E-state index in [1.54, 1.807) is 0 Å². The van der Waals surface area contributed by atoms with Crippen molar-refractivity contribution in [3.8, 4) is 0 Å². The number of anilines is 1. The summed E-state index contributed by atoms with van der Waals surface area (Å²) in [7, 11) is 0. The van der Waals surface area contributed by atoms with Gasteiger partial charge in [-0.25, -0.2) is 9.37 Å². The van der Waals surface area contributed by atoms with Gasteiger partial charge in [-0.15, -0.1) is 10.2 Å². The minimum Gasteiger partial charge on any atom is -0.295 e. The van der Waals surface area contributed by atoms with Crippen molar-refractivity contribution in [3.05, 3.63) is 33.3 Å². The Kier molecular flexibility index (Phi) is 4.54. The highest BCUT2D eigenvalue weighted by molar-refractivity contribution is 9.10. The molecule has 2 aromatic rings. The quantitative estimate of drug-likeness (QED) is 0.865. The summed E-state index contributed by atoms with van der Waals surface area (Å²) in [6.07, 6.45) is 1.75. The van der Waals surface area contributed by atoms with Crippen molar-refractivity contribution in [1.82, 2.24) is 15.2 Å². The van der Waals surface area contributed by atoms with Crippen LogP contribution in [0.3, 0.4) is 0 Å². The van der Waals surface area contributed by atoms with Gasteiger partial charge in [0.25, 0.3) is 5.91 Å². The Bertz CT molecular complexity index is 604. The van der Waals surface area contributed by atoms with Gasteiger partial charge in [-0.3, -0.25) is 10.1 Å². The second-order valence-corrected chi connectivity index (χ2v) is 5.54. The average molecular weight is 345 g/mol. The van der Waals surface area contributed by atoms with Crippen molar-refractivity contribution in [2.75, 3.05) is 5.32 Å². The fourth-order valence-corrected chi connectivity index (χ4v) is 2.50. The number of nitrogens with zero attached hydrogens (tertiary/aromatic N) is 3. The first-order valence-corrected chi connectivity index (χ1v) is 7.17. The number of aryl methyl sites for hydroxylation is 1. The van der Waals surface area contributed by atoms with E-state index in [1.807, 2.05) is 6.92 Å². The summed E-state index contributed by atoms with van der Waals surface area (Å²) in [5.74, 6) is -1.32. The largest absolute Gasteiger partial charge is 0.295 e. The third-order valence-electron chi connectivity index (χ3n) is 2.18. The minimum absolute atomic E-state index is 0.276. The summed E-state index contributed by atoms with van der Waals surface area (Å²) in [4.78, 5) is 15.7. The van der Waals surface area contributed by atoms with Crippen LogP contribution in [0.5, 0.6) is 0 Å². The van der Waals surface area contributed by atoms with E-state index in [2.05, 4.69) is 36.4 Å². The molecule has 2 rings (SSSR count). The van der Waals surface area contributed by atoms with E-state index < -0.39 is 11.7 Å². The Balaban J connectivity index is 2.13. The monoisotopic (exact) mass is 344 g/mol. The SMILES string of the molecule is CCCc1nnc(NC(=O)c2nc(Br)ccc2F)s1. The Morgan fingerprint density at radius 2 is 2.26 bits per heavy atom. The number of hydrogen-bond donors (Lipinski definition) is 1. The van der Waals surface area contributed by atoms with Gasteiger partial charge in [-0.2, -0.15) is 0 Å². The maximum absolute atomic E-state index is 13.5. The summed E-state index contributed by atoms with van der Waals surface area (Å²) in [5.41, 5.74) is -0.276. The summed E-state index contributed by atoms with van der Waals surface area (Å²) in [5, 5.41) is 11.4. The first kappa shape index (κ1) is 14.0. The topological polar surface area (TPSA) is 67.8 Å². The molecule has 0 saturated heterocycles. The van der Waals surface area contributed by atoms with E-state index in [1.165, 1.54) is 23.5 Å². The van der Waals surface area contributed by atoms with Crippen molar-refractivity contribution in [2.45, 2.75) is 19.8 Å². The maximum Gasteiger partial charge on any atom is 0.279 e. The predicted molar refractivity (Wildman–Crippen MR) is 73.8 cm³/mol. The molecule has 19 heavy (non-hydrogen) atoms. The summed E-state index contributed by atoms with van der Waals surface area (Å²) in [6, 6.07) is 2.60. The molecule has 0 aliphatic heterocycles. The number of nitrogens with one attached hydrogen (secondary N) is 1. The third-order valence-corrected chi connectivity index (χ3v) is 3.52. The van der Waals surface area contributed by atoms with Crippen molar-refractivity contribution in [1.29, 1.82) is 0 Å².